The van der Waals surface area contributed by atoms with Gasteiger partial charge in [0, 0.05) is 12.0 Å². The van der Waals surface area contributed by atoms with E-state index in [1.165, 1.54) is 4.90 Å². The fourth-order valence-corrected chi connectivity index (χ4v) is 3.22. The predicted octanol–water partition coefficient (Wildman–Crippen LogP) is 2.92. The topological polar surface area (TPSA) is 91.3 Å². The molecule has 1 fully saturated rings. The second-order valence-electron chi connectivity index (χ2n) is 6.51. The van der Waals surface area contributed by atoms with Gasteiger partial charge < -0.3 is 9.84 Å². The lowest BCUT2D eigenvalue weighted by Gasteiger charge is -2.21. The normalized spacial score (nSPS) is 19.2. The van der Waals surface area contributed by atoms with Crippen molar-refractivity contribution in [2.45, 2.75) is 25.2 Å². The molecule has 2 heterocycles. The van der Waals surface area contributed by atoms with Gasteiger partial charge in [-0.25, -0.2) is 9.78 Å². The largest absolute Gasteiger partial charge is 0.445 e. The summed E-state index contributed by atoms with van der Waals surface area (Å²) >= 11 is 0. The van der Waals surface area contributed by atoms with Crippen LogP contribution < -0.4 is 0 Å². The molecule has 1 saturated heterocycles. The number of nitrogens with zero attached hydrogens (tertiary/aromatic N) is 3. The van der Waals surface area contributed by atoms with E-state index < -0.39 is 18.2 Å². The van der Waals surface area contributed by atoms with E-state index in [0.717, 1.165) is 11.1 Å². The first-order valence-corrected chi connectivity index (χ1v) is 8.84. The molecular formula is C20H20N4O3. The third kappa shape index (κ3) is 3.83. The average molecular weight is 364 g/mol. The number of likely N-dealkylation sites (tertiary alicyclic amines) is 1. The van der Waals surface area contributed by atoms with Gasteiger partial charge in [0.2, 0.25) is 0 Å². The Morgan fingerprint density at radius 1 is 1.15 bits per heavy atom. The number of aliphatic hydroxyl groups is 1. The summed E-state index contributed by atoms with van der Waals surface area (Å²) in [6.45, 7) is 0.393. The minimum absolute atomic E-state index is 0.185. The number of β-amino-alcohol motifs (C(OH)–C–C–N with tert-alkyl or cyclic N) is 1. The van der Waals surface area contributed by atoms with E-state index in [1.807, 2.05) is 60.7 Å². The van der Waals surface area contributed by atoms with Crippen LogP contribution in [0, 0.1) is 0 Å². The third-order valence-electron chi connectivity index (χ3n) is 4.57. The van der Waals surface area contributed by atoms with Crippen molar-refractivity contribution in [3.05, 3.63) is 72.1 Å². The maximum atomic E-state index is 12.6. The highest BCUT2D eigenvalue weighted by Crippen LogP contribution is 2.31. The van der Waals surface area contributed by atoms with Gasteiger partial charge in [0.1, 0.15) is 12.4 Å². The molecule has 27 heavy (non-hydrogen) atoms. The summed E-state index contributed by atoms with van der Waals surface area (Å²) in [4.78, 5) is 18.6. The number of aromatic nitrogens is 3. The highest BCUT2D eigenvalue weighted by Gasteiger charge is 2.38. The van der Waals surface area contributed by atoms with Crippen LogP contribution in [0.25, 0.3) is 11.4 Å². The lowest BCUT2D eigenvalue weighted by atomic mass is 10.2. The van der Waals surface area contributed by atoms with E-state index in [2.05, 4.69) is 15.2 Å². The van der Waals surface area contributed by atoms with Crippen molar-refractivity contribution in [1.82, 2.24) is 20.1 Å². The highest BCUT2D eigenvalue weighted by molar-refractivity contribution is 5.69. The van der Waals surface area contributed by atoms with Gasteiger partial charge in [-0.2, -0.15) is 5.10 Å². The van der Waals surface area contributed by atoms with Gasteiger partial charge in [-0.3, -0.25) is 10.00 Å². The number of amides is 1. The first-order chi connectivity index (χ1) is 13.2. The van der Waals surface area contributed by atoms with E-state index in [1.54, 1.807) is 0 Å². The first kappa shape index (κ1) is 17.2. The monoisotopic (exact) mass is 364 g/mol. The van der Waals surface area contributed by atoms with E-state index in [4.69, 9.17) is 4.74 Å². The van der Waals surface area contributed by atoms with Crippen LogP contribution in [0.4, 0.5) is 4.79 Å². The summed E-state index contributed by atoms with van der Waals surface area (Å²) in [5.41, 5.74) is 1.80. The van der Waals surface area contributed by atoms with Gasteiger partial charge in [0.15, 0.2) is 5.82 Å². The second-order valence-corrected chi connectivity index (χ2v) is 6.51. The van der Waals surface area contributed by atoms with Gasteiger partial charge >= 0.3 is 6.09 Å². The number of aliphatic hydroxyl groups excluding tert-OH is 1. The average Bonchev–Trinajstić information content (AvgIpc) is 3.34. The zero-order valence-electron chi connectivity index (χ0n) is 14.7. The minimum Gasteiger partial charge on any atom is -0.445 e. The summed E-state index contributed by atoms with van der Waals surface area (Å²) in [5.74, 6) is 1.10. The van der Waals surface area contributed by atoms with Gasteiger partial charge in [-0.05, 0) is 5.56 Å². The quantitative estimate of drug-likeness (QED) is 0.743. The third-order valence-corrected chi connectivity index (χ3v) is 4.57. The number of H-pyrrole nitrogens is 1. The van der Waals surface area contributed by atoms with Crippen LogP contribution in [0.3, 0.4) is 0 Å². The number of carbonyl (C=O) groups is 1. The molecule has 0 radical (unpaired) electrons. The van der Waals surface area contributed by atoms with Crippen LogP contribution in [-0.2, 0) is 11.3 Å². The van der Waals surface area contributed by atoms with Crippen molar-refractivity contribution in [1.29, 1.82) is 0 Å². The Morgan fingerprint density at radius 2 is 1.85 bits per heavy atom. The molecule has 1 aliphatic rings. The zero-order chi connectivity index (χ0) is 18.6. The molecule has 7 heteroatoms. The Kier molecular flexibility index (Phi) is 4.84. The molecule has 1 amide bonds. The Hall–Kier alpha value is -3.19. The standard InChI is InChI=1S/C20H20N4O3/c25-16-11-17(19-21-18(22-23-19)15-9-5-2-6-10-15)24(12-16)20(26)27-13-14-7-3-1-4-8-14/h1-10,16-17,25H,11-13H2,(H,21,22,23)/t16-,17+/m1/s1. The lowest BCUT2D eigenvalue weighted by molar-refractivity contribution is 0.0867. The van der Waals surface area contributed by atoms with Crippen LogP contribution in [-0.4, -0.2) is 43.9 Å². The van der Waals surface area contributed by atoms with Crippen LogP contribution in [0.5, 0.6) is 0 Å². The Morgan fingerprint density at radius 3 is 2.59 bits per heavy atom. The smallest absolute Gasteiger partial charge is 0.410 e. The number of carbonyl (C=O) groups excluding carboxylic acids is 1. The summed E-state index contributed by atoms with van der Waals surface area (Å²) in [6.07, 6.45) is -0.702. The van der Waals surface area contributed by atoms with E-state index in [-0.39, 0.29) is 13.2 Å². The molecule has 4 rings (SSSR count). The van der Waals surface area contributed by atoms with Crippen molar-refractivity contribution < 1.29 is 14.6 Å². The second kappa shape index (κ2) is 7.59. The summed E-state index contributed by atoms with van der Waals surface area (Å²) in [7, 11) is 0. The molecule has 0 saturated carbocycles. The Labute approximate surface area is 156 Å². The summed E-state index contributed by atoms with van der Waals surface area (Å²) < 4.78 is 5.42. The fraction of sp³-hybridized carbons (Fsp3) is 0.250. The van der Waals surface area contributed by atoms with Crippen molar-refractivity contribution in [2.24, 2.45) is 0 Å². The molecule has 138 valence electrons. The maximum absolute atomic E-state index is 12.6. The number of rotatable bonds is 4. The van der Waals surface area contributed by atoms with Crippen molar-refractivity contribution in [2.75, 3.05) is 6.54 Å². The van der Waals surface area contributed by atoms with E-state index >= 15 is 0 Å². The van der Waals surface area contributed by atoms with E-state index in [0.29, 0.717) is 18.1 Å². The summed E-state index contributed by atoms with van der Waals surface area (Å²) in [6, 6.07) is 18.7. The molecule has 1 aromatic heterocycles. The van der Waals surface area contributed by atoms with Crippen molar-refractivity contribution >= 4 is 6.09 Å². The molecule has 2 N–H and O–H groups in total. The maximum Gasteiger partial charge on any atom is 0.410 e. The van der Waals surface area contributed by atoms with Gasteiger partial charge in [0.25, 0.3) is 0 Å². The van der Waals surface area contributed by atoms with Gasteiger partial charge in [-0.1, -0.05) is 60.7 Å². The molecule has 0 unspecified atom stereocenters. The van der Waals surface area contributed by atoms with Crippen LogP contribution in [0.2, 0.25) is 0 Å². The van der Waals surface area contributed by atoms with Gasteiger partial charge in [-0.15, -0.1) is 0 Å². The molecular weight excluding hydrogens is 344 g/mol. The minimum atomic E-state index is -0.621. The predicted molar refractivity (Wildman–Crippen MR) is 98.5 cm³/mol. The first-order valence-electron chi connectivity index (χ1n) is 8.84. The molecule has 0 aliphatic carbocycles. The number of nitrogens with one attached hydrogen (secondary N) is 1. The molecule has 7 nitrogen and oxygen atoms in total. The SMILES string of the molecule is O=C(OCc1ccccc1)N1C[C@H](O)C[C@H]1c1nc(-c2ccccc2)n[nH]1. The van der Waals surface area contributed by atoms with Crippen LogP contribution >= 0.6 is 0 Å². The number of hydrogen-bond donors (Lipinski definition) is 2. The summed E-state index contributed by atoms with van der Waals surface area (Å²) in [5, 5.41) is 17.2. The molecule has 0 spiro atoms. The number of benzene rings is 2. The lowest BCUT2D eigenvalue weighted by Crippen LogP contribution is -2.32. The number of aromatic amines is 1. The molecule has 2 aromatic carbocycles. The van der Waals surface area contributed by atoms with Crippen LogP contribution in [0.15, 0.2) is 60.7 Å². The number of ether oxygens (including phenoxy) is 1. The van der Waals surface area contributed by atoms with Crippen LogP contribution in [0.1, 0.15) is 23.9 Å². The Balaban J connectivity index is 1.48. The Bertz CT molecular complexity index is 898. The van der Waals surface area contributed by atoms with E-state index in [9.17, 15) is 9.90 Å². The highest BCUT2D eigenvalue weighted by atomic mass is 16.6. The van der Waals surface area contributed by atoms with Crippen molar-refractivity contribution in [3.8, 4) is 11.4 Å². The molecule has 0 bridgehead atoms. The number of hydrogen-bond acceptors (Lipinski definition) is 5. The van der Waals surface area contributed by atoms with Gasteiger partial charge in [0.05, 0.1) is 18.7 Å². The fourth-order valence-electron chi connectivity index (χ4n) is 3.22. The van der Waals surface area contributed by atoms with Crippen molar-refractivity contribution in [3.63, 3.8) is 0 Å². The molecule has 3 aromatic rings. The molecule has 2 atom stereocenters. The zero-order valence-corrected chi connectivity index (χ0v) is 14.7. The molecule has 1 aliphatic heterocycles.